The Morgan fingerprint density at radius 1 is 1.39 bits per heavy atom. The van der Waals surface area contributed by atoms with Crippen molar-refractivity contribution in [3.8, 4) is 23.1 Å². The maximum atomic E-state index is 12.9. The van der Waals surface area contributed by atoms with Gasteiger partial charge in [-0.1, -0.05) is 11.8 Å². The maximum Gasteiger partial charge on any atom is 0.416 e. The number of aromatic amines is 1. The summed E-state index contributed by atoms with van der Waals surface area (Å²) in [5, 5.41) is 9.32. The number of alkyl halides is 3. The van der Waals surface area contributed by atoms with E-state index in [1.165, 1.54) is 7.11 Å². The Kier molecular flexibility index (Phi) is 4.65. The molecule has 0 saturated heterocycles. The summed E-state index contributed by atoms with van der Waals surface area (Å²) in [6.45, 7) is 0. The fourth-order valence-corrected chi connectivity index (χ4v) is 2.29. The Labute approximate surface area is 133 Å². The fourth-order valence-electron chi connectivity index (χ4n) is 1.92. The van der Waals surface area contributed by atoms with Crippen LogP contribution >= 0.6 is 11.8 Å². The van der Waals surface area contributed by atoms with Crippen LogP contribution in [0.25, 0.3) is 11.3 Å². The molecule has 0 fully saturated rings. The van der Waals surface area contributed by atoms with E-state index < -0.39 is 17.3 Å². The van der Waals surface area contributed by atoms with Crippen LogP contribution in [-0.2, 0) is 6.18 Å². The first kappa shape index (κ1) is 16.9. The van der Waals surface area contributed by atoms with E-state index in [-0.39, 0.29) is 27.7 Å². The molecule has 0 amide bonds. The van der Waals surface area contributed by atoms with Gasteiger partial charge < -0.3 is 9.72 Å². The second kappa shape index (κ2) is 6.34. The second-order valence-electron chi connectivity index (χ2n) is 4.32. The van der Waals surface area contributed by atoms with Gasteiger partial charge in [0.2, 0.25) is 0 Å². The molecule has 23 heavy (non-hydrogen) atoms. The average Bonchev–Trinajstić information content (AvgIpc) is 2.52. The SMILES string of the molecule is COc1ccc(C(F)(F)F)cc1-c1nc(SC)[nH]c(=O)c1C#N. The lowest BCUT2D eigenvalue weighted by Crippen LogP contribution is -2.15. The van der Waals surface area contributed by atoms with E-state index in [0.29, 0.717) is 0 Å². The lowest BCUT2D eigenvalue weighted by molar-refractivity contribution is -0.137. The lowest BCUT2D eigenvalue weighted by Gasteiger charge is -2.13. The van der Waals surface area contributed by atoms with Gasteiger partial charge in [-0.15, -0.1) is 0 Å². The molecule has 0 aliphatic rings. The molecule has 0 bridgehead atoms. The number of H-pyrrole nitrogens is 1. The molecule has 1 heterocycles. The molecule has 0 unspecified atom stereocenters. The van der Waals surface area contributed by atoms with Crippen molar-refractivity contribution >= 4 is 11.8 Å². The van der Waals surface area contributed by atoms with Gasteiger partial charge in [0, 0.05) is 5.56 Å². The average molecular weight is 341 g/mol. The molecule has 5 nitrogen and oxygen atoms in total. The predicted molar refractivity (Wildman–Crippen MR) is 78.3 cm³/mol. The lowest BCUT2D eigenvalue weighted by atomic mass is 10.0. The van der Waals surface area contributed by atoms with E-state index in [2.05, 4.69) is 9.97 Å². The molecule has 0 atom stereocenters. The Hall–Kier alpha value is -2.47. The van der Waals surface area contributed by atoms with Gasteiger partial charge in [-0.3, -0.25) is 4.79 Å². The number of ether oxygens (including phenoxy) is 1. The fraction of sp³-hybridized carbons (Fsp3) is 0.214. The van der Waals surface area contributed by atoms with E-state index >= 15 is 0 Å². The van der Waals surface area contributed by atoms with Gasteiger partial charge >= 0.3 is 6.18 Å². The number of hydrogen-bond acceptors (Lipinski definition) is 5. The van der Waals surface area contributed by atoms with Crippen LogP contribution < -0.4 is 10.3 Å². The summed E-state index contributed by atoms with van der Waals surface area (Å²) in [4.78, 5) is 18.4. The van der Waals surface area contributed by atoms with E-state index in [0.717, 1.165) is 30.0 Å². The largest absolute Gasteiger partial charge is 0.496 e. The summed E-state index contributed by atoms with van der Waals surface area (Å²) in [5.41, 5.74) is -2.24. The van der Waals surface area contributed by atoms with Gasteiger partial charge in [0.25, 0.3) is 5.56 Å². The highest BCUT2D eigenvalue weighted by Crippen LogP contribution is 2.37. The normalized spacial score (nSPS) is 11.1. The van der Waals surface area contributed by atoms with Gasteiger partial charge in [-0.25, -0.2) is 4.98 Å². The molecule has 0 saturated carbocycles. The Morgan fingerprint density at radius 3 is 2.61 bits per heavy atom. The monoisotopic (exact) mass is 341 g/mol. The first-order valence-corrected chi connectivity index (χ1v) is 7.38. The number of aromatic nitrogens is 2. The van der Waals surface area contributed by atoms with Gasteiger partial charge in [-0.2, -0.15) is 18.4 Å². The summed E-state index contributed by atoms with van der Waals surface area (Å²) in [5.74, 6) is 0.0830. The highest BCUT2D eigenvalue weighted by Gasteiger charge is 2.32. The van der Waals surface area contributed by atoms with Crippen LogP contribution in [-0.4, -0.2) is 23.3 Å². The van der Waals surface area contributed by atoms with E-state index in [1.807, 2.05) is 0 Å². The van der Waals surface area contributed by atoms with Crippen LogP contribution in [0.15, 0.2) is 28.2 Å². The van der Waals surface area contributed by atoms with Crippen molar-refractivity contribution in [1.29, 1.82) is 5.26 Å². The summed E-state index contributed by atoms with van der Waals surface area (Å²) >= 11 is 1.10. The summed E-state index contributed by atoms with van der Waals surface area (Å²) in [6, 6.07) is 4.47. The van der Waals surface area contributed by atoms with Crippen molar-refractivity contribution in [2.75, 3.05) is 13.4 Å². The molecule has 120 valence electrons. The van der Waals surface area contributed by atoms with Gasteiger partial charge in [0.15, 0.2) is 5.16 Å². The smallest absolute Gasteiger partial charge is 0.416 e. The molecule has 2 aromatic rings. The highest BCUT2D eigenvalue weighted by atomic mass is 32.2. The quantitative estimate of drug-likeness (QED) is 0.686. The minimum absolute atomic E-state index is 0.0692. The van der Waals surface area contributed by atoms with Crippen molar-refractivity contribution in [2.45, 2.75) is 11.3 Å². The Balaban J connectivity index is 2.82. The summed E-state index contributed by atoms with van der Waals surface area (Å²) < 4.78 is 43.8. The second-order valence-corrected chi connectivity index (χ2v) is 5.12. The van der Waals surface area contributed by atoms with Crippen LogP contribution in [0.5, 0.6) is 5.75 Å². The van der Waals surface area contributed by atoms with Gasteiger partial charge in [0.05, 0.1) is 12.7 Å². The van der Waals surface area contributed by atoms with Gasteiger partial charge in [0.1, 0.15) is 23.1 Å². The van der Waals surface area contributed by atoms with Gasteiger partial charge in [-0.05, 0) is 24.5 Å². The molecular formula is C14H10F3N3O2S. The molecule has 1 aromatic carbocycles. The number of methoxy groups -OCH3 is 1. The minimum atomic E-state index is -4.57. The predicted octanol–water partition coefficient (Wildman–Crippen LogP) is 3.06. The minimum Gasteiger partial charge on any atom is -0.496 e. The number of nitrogens with zero attached hydrogens (tertiary/aromatic N) is 2. The molecule has 1 aromatic heterocycles. The van der Waals surface area contributed by atoms with Crippen molar-refractivity contribution in [3.05, 3.63) is 39.7 Å². The zero-order valence-corrected chi connectivity index (χ0v) is 12.8. The Bertz CT molecular complexity index is 841. The van der Waals surface area contributed by atoms with Crippen LogP contribution in [0.2, 0.25) is 0 Å². The summed E-state index contributed by atoms with van der Waals surface area (Å²) in [6.07, 6.45) is -2.94. The molecule has 1 N–H and O–H groups in total. The number of halogens is 3. The number of thioether (sulfide) groups is 1. The zero-order chi connectivity index (χ0) is 17.2. The first-order chi connectivity index (χ1) is 10.8. The first-order valence-electron chi connectivity index (χ1n) is 6.15. The number of rotatable bonds is 3. The van der Waals surface area contributed by atoms with Crippen LogP contribution in [0.3, 0.4) is 0 Å². The molecule has 0 aliphatic heterocycles. The standard InChI is InChI=1S/C14H10F3N3O2S/c1-22-10-4-3-7(14(15,16)17)5-8(10)11-9(6-18)12(21)20-13(19-11)23-2/h3-5H,1-2H3,(H,19,20,21). The summed E-state index contributed by atoms with van der Waals surface area (Å²) in [7, 11) is 1.28. The van der Waals surface area contributed by atoms with E-state index in [4.69, 9.17) is 10.00 Å². The molecule has 0 aliphatic carbocycles. The molecule has 0 radical (unpaired) electrons. The number of hydrogen-bond donors (Lipinski definition) is 1. The third kappa shape index (κ3) is 3.32. The van der Waals surface area contributed by atoms with Crippen LogP contribution in [0.1, 0.15) is 11.1 Å². The Morgan fingerprint density at radius 2 is 2.09 bits per heavy atom. The highest BCUT2D eigenvalue weighted by molar-refractivity contribution is 7.98. The van der Waals surface area contributed by atoms with Crippen molar-refractivity contribution in [1.82, 2.24) is 9.97 Å². The third-order valence-electron chi connectivity index (χ3n) is 2.98. The van der Waals surface area contributed by atoms with E-state index in [9.17, 15) is 18.0 Å². The van der Waals surface area contributed by atoms with Crippen molar-refractivity contribution in [3.63, 3.8) is 0 Å². The number of nitriles is 1. The van der Waals surface area contributed by atoms with Crippen LogP contribution in [0.4, 0.5) is 13.2 Å². The van der Waals surface area contributed by atoms with E-state index in [1.54, 1.807) is 12.3 Å². The molecule has 0 spiro atoms. The van der Waals surface area contributed by atoms with Crippen LogP contribution in [0, 0.1) is 11.3 Å². The molecular weight excluding hydrogens is 331 g/mol. The third-order valence-corrected chi connectivity index (χ3v) is 3.56. The van der Waals surface area contributed by atoms with Crippen molar-refractivity contribution < 1.29 is 17.9 Å². The molecule has 2 rings (SSSR count). The van der Waals surface area contributed by atoms with Crippen molar-refractivity contribution in [2.24, 2.45) is 0 Å². The number of benzene rings is 1. The topological polar surface area (TPSA) is 78.8 Å². The number of nitrogens with one attached hydrogen (secondary N) is 1. The maximum absolute atomic E-state index is 12.9. The molecule has 9 heteroatoms. The zero-order valence-electron chi connectivity index (χ0n) is 12.0.